The first-order valence-corrected chi connectivity index (χ1v) is 7.95. The van der Waals surface area contributed by atoms with Crippen LogP contribution in [0.3, 0.4) is 0 Å². The normalized spacial score (nSPS) is 20.1. The van der Waals surface area contributed by atoms with E-state index in [1.807, 2.05) is 4.90 Å². The molecule has 7 heteroatoms. The fourth-order valence-electron chi connectivity index (χ4n) is 2.17. The van der Waals surface area contributed by atoms with Crippen LogP contribution in [0.2, 0.25) is 0 Å². The lowest BCUT2D eigenvalue weighted by atomic mass is 10.2. The fraction of sp³-hybridized carbons (Fsp3) is 0.583. The van der Waals surface area contributed by atoms with E-state index < -0.39 is 15.8 Å². The Morgan fingerprint density at radius 1 is 1.42 bits per heavy atom. The van der Waals surface area contributed by atoms with Crippen LogP contribution in [0.25, 0.3) is 0 Å². The van der Waals surface area contributed by atoms with E-state index in [0.29, 0.717) is 31.8 Å². The molecule has 1 fully saturated rings. The van der Waals surface area contributed by atoms with E-state index in [2.05, 4.69) is 0 Å². The van der Waals surface area contributed by atoms with Crippen LogP contribution in [0.15, 0.2) is 10.5 Å². The predicted octanol–water partition coefficient (Wildman–Crippen LogP) is 0.907. The molecule has 0 radical (unpaired) electrons. The summed E-state index contributed by atoms with van der Waals surface area (Å²) in [6, 6.07) is 1.51. The second-order valence-electron chi connectivity index (χ2n) is 4.78. The van der Waals surface area contributed by atoms with Crippen molar-refractivity contribution in [1.82, 2.24) is 4.90 Å². The van der Waals surface area contributed by atoms with Crippen molar-refractivity contribution in [3.05, 3.63) is 23.2 Å². The van der Waals surface area contributed by atoms with Gasteiger partial charge in [-0.15, -0.1) is 0 Å². The van der Waals surface area contributed by atoms with Crippen molar-refractivity contribution in [2.45, 2.75) is 19.9 Å². The first-order valence-electron chi connectivity index (χ1n) is 6.13. The lowest BCUT2D eigenvalue weighted by molar-refractivity contribution is 0.0661. The van der Waals surface area contributed by atoms with Crippen LogP contribution >= 0.6 is 0 Å². The third-order valence-electron chi connectivity index (χ3n) is 3.27. The molecule has 1 N–H and O–H groups in total. The largest absolute Gasteiger partial charge is 0.475 e. The second-order valence-corrected chi connectivity index (χ2v) is 7.08. The number of sulfone groups is 1. The summed E-state index contributed by atoms with van der Waals surface area (Å²) in [7, 11) is -2.92. The Kier molecular flexibility index (Phi) is 3.96. The average Bonchev–Trinajstić information content (AvgIpc) is 2.58. The smallest absolute Gasteiger partial charge is 0.371 e. The van der Waals surface area contributed by atoms with Gasteiger partial charge < -0.3 is 9.52 Å². The fourth-order valence-corrected chi connectivity index (χ4v) is 3.48. The molecule has 0 spiro atoms. The maximum atomic E-state index is 11.5. The molecule has 0 amide bonds. The van der Waals surface area contributed by atoms with Crippen LogP contribution < -0.4 is 0 Å². The van der Waals surface area contributed by atoms with Crippen molar-refractivity contribution in [1.29, 1.82) is 0 Å². The number of carbonyl (C=O) groups is 1. The minimum Gasteiger partial charge on any atom is -0.475 e. The molecule has 1 saturated heterocycles. The molecule has 0 saturated carbocycles. The molecular weight excluding hydrogens is 270 g/mol. The van der Waals surface area contributed by atoms with E-state index in [1.165, 1.54) is 6.07 Å². The molecule has 2 rings (SSSR count). The van der Waals surface area contributed by atoms with Crippen molar-refractivity contribution in [2.24, 2.45) is 0 Å². The number of aromatic carboxylic acids is 1. The molecule has 106 valence electrons. The molecule has 1 aliphatic heterocycles. The second kappa shape index (κ2) is 5.34. The molecule has 2 heterocycles. The van der Waals surface area contributed by atoms with Gasteiger partial charge in [0.1, 0.15) is 5.76 Å². The van der Waals surface area contributed by atoms with Gasteiger partial charge in [-0.05, 0) is 26.0 Å². The minimum atomic E-state index is -2.92. The monoisotopic (exact) mass is 287 g/mol. The van der Waals surface area contributed by atoms with E-state index in [0.717, 1.165) is 5.56 Å². The lowest BCUT2D eigenvalue weighted by Crippen LogP contribution is -2.26. The number of aryl methyl sites for hydroxylation is 1. The summed E-state index contributed by atoms with van der Waals surface area (Å²) >= 11 is 0. The maximum Gasteiger partial charge on any atom is 0.371 e. The topological polar surface area (TPSA) is 87.8 Å². The Hall–Kier alpha value is -1.34. The van der Waals surface area contributed by atoms with Crippen molar-refractivity contribution in [3.63, 3.8) is 0 Å². The molecule has 0 atom stereocenters. The number of rotatable bonds is 3. The molecule has 0 bridgehead atoms. The third kappa shape index (κ3) is 3.57. The molecule has 6 nitrogen and oxygen atoms in total. The Bertz CT molecular complexity index is 575. The third-order valence-corrected chi connectivity index (χ3v) is 4.99. The molecule has 0 aliphatic carbocycles. The zero-order valence-electron chi connectivity index (χ0n) is 10.8. The summed E-state index contributed by atoms with van der Waals surface area (Å²) in [6.07, 6.45) is 0.616. The lowest BCUT2D eigenvalue weighted by Gasteiger charge is -2.18. The molecule has 19 heavy (non-hydrogen) atoms. The molecule has 0 unspecified atom stereocenters. The van der Waals surface area contributed by atoms with Gasteiger partial charge in [0.25, 0.3) is 0 Å². The molecule has 1 aromatic heterocycles. The highest BCUT2D eigenvalue weighted by molar-refractivity contribution is 7.91. The van der Waals surface area contributed by atoms with E-state index in [-0.39, 0.29) is 17.3 Å². The summed E-state index contributed by atoms with van der Waals surface area (Å²) in [5.41, 5.74) is 0.802. The van der Waals surface area contributed by atoms with E-state index >= 15 is 0 Å². The maximum absolute atomic E-state index is 11.5. The van der Waals surface area contributed by atoms with Crippen molar-refractivity contribution in [3.8, 4) is 0 Å². The Morgan fingerprint density at radius 2 is 2.16 bits per heavy atom. The molecular formula is C12H17NO5S. The number of carboxylic acid groups (broad SMARTS) is 1. The Balaban J connectivity index is 2.07. The van der Waals surface area contributed by atoms with Crippen LogP contribution in [-0.4, -0.2) is 49.0 Å². The SMILES string of the molecule is Cc1oc(C(=O)O)cc1CN1CCCS(=O)(=O)CC1. The molecule has 0 aromatic carbocycles. The van der Waals surface area contributed by atoms with Crippen LogP contribution in [0.5, 0.6) is 0 Å². The van der Waals surface area contributed by atoms with Gasteiger partial charge in [-0.25, -0.2) is 13.2 Å². The quantitative estimate of drug-likeness (QED) is 0.889. The van der Waals surface area contributed by atoms with Crippen LogP contribution in [0.1, 0.15) is 28.3 Å². The van der Waals surface area contributed by atoms with E-state index in [4.69, 9.17) is 9.52 Å². The summed E-state index contributed by atoms with van der Waals surface area (Å²) in [6.45, 7) is 3.43. The highest BCUT2D eigenvalue weighted by atomic mass is 32.2. The zero-order valence-corrected chi connectivity index (χ0v) is 11.6. The van der Waals surface area contributed by atoms with Gasteiger partial charge in [-0.1, -0.05) is 0 Å². The van der Waals surface area contributed by atoms with Gasteiger partial charge in [0.05, 0.1) is 11.5 Å². The van der Waals surface area contributed by atoms with E-state index in [9.17, 15) is 13.2 Å². The van der Waals surface area contributed by atoms with Gasteiger partial charge in [-0.2, -0.15) is 0 Å². The number of hydrogen-bond donors (Lipinski definition) is 1. The summed E-state index contributed by atoms with van der Waals surface area (Å²) in [5.74, 6) is -0.198. The van der Waals surface area contributed by atoms with Gasteiger partial charge in [0.15, 0.2) is 9.84 Å². The van der Waals surface area contributed by atoms with Gasteiger partial charge in [0.2, 0.25) is 5.76 Å². The Morgan fingerprint density at radius 3 is 2.79 bits per heavy atom. The summed E-state index contributed by atoms with van der Waals surface area (Å²) in [4.78, 5) is 12.8. The Labute approximate surface area is 111 Å². The van der Waals surface area contributed by atoms with Gasteiger partial charge in [0, 0.05) is 18.7 Å². The van der Waals surface area contributed by atoms with Crippen LogP contribution in [-0.2, 0) is 16.4 Å². The summed E-state index contributed by atoms with van der Waals surface area (Å²) in [5, 5.41) is 8.86. The van der Waals surface area contributed by atoms with Crippen molar-refractivity contribution < 1.29 is 22.7 Å². The van der Waals surface area contributed by atoms with Crippen molar-refractivity contribution >= 4 is 15.8 Å². The average molecular weight is 287 g/mol. The predicted molar refractivity (Wildman–Crippen MR) is 69.0 cm³/mol. The van der Waals surface area contributed by atoms with E-state index in [1.54, 1.807) is 6.92 Å². The molecule has 1 aliphatic rings. The standard InChI is InChI=1S/C12H17NO5S/c1-9-10(7-11(18-9)12(14)15)8-13-3-2-5-19(16,17)6-4-13/h7H,2-6,8H2,1H3,(H,14,15). The van der Waals surface area contributed by atoms with Gasteiger partial charge in [-0.3, -0.25) is 4.90 Å². The van der Waals surface area contributed by atoms with Crippen molar-refractivity contribution in [2.75, 3.05) is 24.6 Å². The molecule has 1 aromatic rings. The highest BCUT2D eigenvalue weighted by Gasteiger charge is 2.21. The highest BCUT2D eigenvalue weighted by Crippen LogP contribution is 2.18. The van der Waals surface area contributed by atoms with Gasteiger partial charge >= 0.3 is 5.97 Å². The summed E-state index contributed by atoms with van der Waals surface area (Å²) < 4.78 is 28.2. The van der Waals surface area contributed by atoms with Crippen LogP contribution in [0, 0.1) is 6.92 Å². The number of hydrogen-bond acceptors (Lipinski definition) is 5. The number of nitrogens with zero attached hydrogens (tertiary/aromatic N) is 1. The van der Waals surface area contributed by atoms with Crippen LogP contribution in [0.4, 0.5) is 0 Å². The number of carboxylic acids is 1. The first kappa shape index (κ1) is 14.1. The minimum absolute atomic E-state index is 0.0741. The first-order chi connectivity index (χ1) is 8.87. The zero-order chi connectivity index (χ0) is 14.0. The number of furan rings is 1.